The molecule has 0 unspecified atom stereocenters. The van der Waals surface area contributed by atoms with Gasteiger partial charge in [-0.3, -0.25) is 0 Å². The molecule has 0 saturated heterocycles. The van der Waals surface area contributed by atoms with Gasteiger partial charge in [0.1, 0.15) is 5.76 Å². The van der Waals surface area contributed by atoms with Crippen molar-refractivity contribution in [2.45, 2.75) is 46.8 Å². The maximum Gasteiger partial charge on any atom is 0.122 e. The van der Waals surface area contributed by atoms with E-state index in [1.807, 2.05) is 0 Å². The highest BCUT2D eigenvalue weighted by atomic mass is 16.3. The third-order valence-electron chi connectivity index (χ3n) is 3.65. The molecule has 0 aliphatic heterocycles. The van der Waals surface area contributed by atoms with Crippen molar-refractivity contribution in [3.8, 4) is 0 Å². The molecule has 2 aromatic rings. The van der Waals surface area contributed by atoms with Crippen molar-refractivity contribution < 1.29 is 4.42 Å². The smallest absolute Gasteiger partial charge is 0.122 e. The van der Waals surface area contributed by atoms with Gasteiger partial charge < -0.3 is 14.6 Å². The lowest BCUT2D eigenvalue weighted by molar-refractivity contribution is 0.460. The van der Waals surface area contributed by atoms with Crippen LogP contribution in [0.15, 0.2) is 41.0 Å². The summed E-state index contributed by atoms with van der Waals surface area (Å²) in [5.41, 5.74) is 3.80. The summed E-state index contributed by atoms with van der Waals surface area (Å²) in [6.07, 6.45) is 1.79. The van der Waals surface area contributed by atoms with Gasteiger partial charge in [0.05, 0.1) is 12.8 Å². The van der Waals surface area contributed by atoms with Crippen molar-refractivity contribution in [1.82, 2.24) is 5.32 Å². The van der Waals surface area contributed by atoms with E-state index in [2.05, 4.69) is 68.2 Å². The Morgan fingerprint density at radius 3 is 2.48 bits per heavy atom. The molecule has 0 radical (unpaired) electrons. The van der Waals surface area contributed by atoms with Gasteiger partial charge in [-0.25, -0.2) is 0 Å². The third-order valence-corrected chi connectivity index (χ3v) is 3.65. The number of aryl methyl sites for hydroxylation is 1. The van der Waals surface area contributed by atoms with Gasteiger partial charge in [-0.15, -0.1) is 0 Å². The molecule has 0 saturated carbocycles. The maximum atomic E-state index is 5.63. The van der Waals surface area contributed by atoms with Crippen molar-refractivity contribution in [3.05, 3.63) is 53.5 Å². The number of rotatable bonds is 7. The Bertz CT molecular complexity index is 543. The first-order valence-electron chi connectivity index (χ1n) is 7.70. The lowest BCUT2D eigenvalue weighted by Gasteiger charge is -2.23. The fourth-order valence-corrected chi connectivity index (χ4v) is 2.31. The summed E-state index contributed by atoms with van der Waals surface area (Å²) >= 11 is 0. The molecular weight excluding hydrogens is 260 g/mol. The predicted octanol–water partition coefficient (Wildman–Crippen LogP) is 4.11. The summed E-state index contributed by atoms with van der Waals surface area (Å²) in [5, 5.41) is 3.41. The number of benzene rings is 1. The van der Waals surface area contributed by atoms with Crippen molar-refractivity contribution in [2.24, 2.45) is 0 Å². The molecule has 0 atom stereocenters. The highest BCUT2D eigenvalue weighted by Crippen LogP contribution is 2.20. The summed E-state index contributed by atoms with van der Waals surface area (Å²) < 4.78 is 5.63. The highest BCUT2D eigenvalue weighted by Gasteiger charge is 2.11. The van der Waals surface area contributed by atoms with E-state index in [1.165, 1.54) is 16.8 Å². The first-order valence-corrected chi connectivity index (χ1v) is 7.70. The number of hydrogen-bond donors (Lipinski definition) is 1. The summed E-state index contributed by atoms with van der Waals surface area (Å²) in [6.45, 7) is 11.2. The molecule has 0 bridgehead atoms. The lowest BCUT2D eigenvalue weighted by Crippen LogP contribution is -2.25. The molecule has 0 aliphatic rings. The minimum absolute atomic E-state index is 0.460. The van der Waals surface area contributed by atoms with Crippen molar-refractivity contribution in [1.29, 1.82) is 0 Å². The van der Waals surface area contributed by atoms with Crippen LogP contribution in [0.4, 0.5) is 5.69 Å². The predicted molar refractivity (Wildman–Crippen MR) is 88.6 cm³/mol. The fourth-order valence-electron chi connectivity index (χ4n) is 2.31. The average molecular weight is 286 g/mol. The van der Waals surface area contributed by atoms with Crippen LogP contribution >= 0.6 is 0 Å². The average Bonchev–Trinajstić information content (AvgIpc) is 2.91. The second-order valence-corrected chi connectivity index (χ2v) is 5.75. The molecule has 1 N–H and O–H groups in total. The van der Waals surface area contributed by atoms with E-state index < -0.39 is 0 Å². The van der Waals surface area contributed by atoms with E-state index in [-0.39, 0.29) is 0 Å². The number of anilines is 1. The van der Waals surface area contributed by atoms with Gasteiger partial charge in [-0.2, -0.15) is 0 Å². The molecular formula is C18H26N2O. The van der Waals surface area contributed by atoms with Gasteiger partial charge in [-0.05, 0) is 32.0 Å². The van der Waals surface area contributed by atoms with Crippen LogP contribution < -0.4 is 10.2 Å². The molecule has 114 valence electrons. The van der Waals surface area contributed by atoms with E-state index in [4.69, 9.17) is 4.42 Å². The van der Waals surface area contributed by atoms with Gasteiger partial charge in [0.15, 0.2) is 0 Å². The summed E-state index contributed by atoms with van der Waals surface area (Å²) in [4.78, 5) is 2.36. The van der Waals surface area contributed by atoms with Crippen molar-refractivity contribution in [3.63, 3.8) is 0 Å². The molecule has 3 nitrogen and oxygen atoms in total. The normalized spacial score (nSPS) is 11.1. The third kappa shape index (κ3) is 4.36. The van der Waals surface area contributed by atoms with Gasteiger partial charge in [0, 0.05) is 30.4 Å². The maximum absolute atomic E-state index is 5.63. The zero-order valence-corrected chi connectivity index (χ0v) is 13.5. The van der Waals surface area contributed by atoms with Crippen LogP contribution in [0.3, 0.4) is 0 Å². The van der Waals surface area contributed by atoms with Gasteiger partial charge in [0.25, 0.3) is 0 Å². The Hall–Kier alpha value is -1.74. The van der Waals surface area contributed by atoms with Crippen LogP contribution in [0.2, 0.25) is 0 Å². The summed E-state index contributed by atoms with van der Waals surface area (Å²) in [7, 11) is 0. The molecule has 0 fully saturated rings. The Labute approximate surface area is 128 Å². The number of furan rings is 1. The molecule has 1 heterocycles. The second-order valence-electron chi connectivity index (χ2n) is 5.75. The van der Waals surface area contributed by atoms with Crippen LogP contribution in [-0.4, -0.2) is 12.6 Å². The van der Waals surface area contributed by atoms with Gasteiger partial charge in [0.2, 0.25) is 0 Å². The monoisotopic (exact) mass is 286 g/mol. The molecule has 0 amide bonds. The first kappa shape index (κ1) is 15.6. The lowest BCUT2D eigenvalue weighted by atomic mass is 10.1. The van der Waals surface area contributed by atoms with Crippen LogP contribution in [0, 0.1) is 6.92 Å². The molecule has 1 aromatic carbocycles. The molecule has 0 aliphatic carbocycles. The minimum Gasteiger partial charge on any atom is -0.468 e. The first-order chi connectivity index (χ1) is 10.1. The van der Waals surface area contributed by atoms with Crippen LogP contribution in [-0.2, 0) is 13.1 Å². The number of nitrogens with zero attached hydrogens (tertiary/aromatic N) is 1. The van der Waals surface area contributed by atoms with E-state index in [1.54, 1.807) is 6.26 Å². The quantitative estimate of drug-likeness (QED) is 0.830. The van der Waals surface area contributed by atoms with Crippen LogP contribution in [0.25, 0.3) is 0 Å². The zero-order valence-electron chi connectivity index (χ0n) is 13.5. The van der Waals surface area contributed by atoms with Crippen LogP contribution in [0.5, 0.6) is 0 Å². The van der Waals surface area contributed by atoms with E-state index in [0.29, 0.717) is 6.04 Å². The molecule has 1 aromatic heterocycles. The van der Waals surface area contributed by atoms with Crippen LogP contribution in [0.1, 0.15) is 37.7 Å². The van der Waals surface area contributed by atoms with Crippen molar-refractivity contribution in [2.75, 3.05) is 11.4 Å². The van der Waals surface area contributed by atoms with E-state index in [9.17, 15) is 0 Å². The minimum atomic E-state index is 0.460. The number of hydrogen-bond acceptors (Lipinski definition) is 3. The molecule has 3 heteroatoms. The SMILES string of the molecule is CCN(Cc1ccoc1CNC(C)C)c1ccc(C)cc1. The highest BCUT2D eigenvalue weighted by molar-refractivity contribution is 5.48. The fraction of sp³-hybridized carbons (Fsp3) is 0.444. The largest absolute Gasteiger partial charge is 0.468 e. The standard InChI is InChI=1S/C18H26N2O/c1-5-20(17-8-6-15(4)7-9-17)13-16-10-11-21-18(16)12-19-14(2)3/h6-11,14,19H,5,12-13H2,1-4H3. The Morgan fingerprint density at radius 2 is 1.86 bits per heavy atom. The molecule has 21 heavy (non-hydrogen) atoms. The summed E-state index contributed by atoms with van der Waals surface area (Å²) in [5.74, 6) is 1.04. The van der Waals surface area contributed by atoms with E-state index >= 15 is 0 Å². The summed E-state index contributed by atoms with van der Waals surface area (Å²) in [6, 6.07) is 11.2. The molecule has 2 rings (SSSR count). The zero-order chi connectivity index (χ0) is 15.2. The Kier molecular flexibility index (Phi) is 5.45. The Morgan fingerprint density at radius 1 is 1.14 bits per heavy atom. The van der Waals surface area contributed by atoms with E-state index in [0.717, 1.165) is 25.4 Å². The van der Waals surface area contributed by atoms with Gasteiger partial charge in [-0.1, -0.05) is 31.5 Å². The number of nitrogens with one attached hydrogen (secondary N) is 1. The van der Waals surface area contributed by atoms with Gasteiger partial charge >= 0.3 is 0 Å². The molecule has 0 spiro atoms. The second kappa shape index (κ2) is 7.32. The Balaban J connectivity index is 2.08. The van der Waals surface area contributed by atoms with Crippen molar-refractivity contribution >= 4 is 5.69 Å². The topological polar surface area (TPSA) is 28.4 Å².